The summed E-state index contributed by atoms with van der Waals surface area (Å²) in [6, 6.07) is 1.76. The summed E-state index contributed by atoms with van der Waals surface area (Å²) in [6.07, 6.45) is 2.69. The van der Waals surface area contributed by atoms with Crippen LogP contribution in [0.25, 0.3) is 10.2 Å². The summed E-state index contributed by atoms with van der Waals surface area (Å²) in [5.74, 6) is -0.126. The Labute approximate surface area is 113 Å². The van der Waals surface area contributed by atoms with Crippen molar-refractivity contribution in [2.75, 3.05) is 18.8 Å². The molecule has 7 heteroatoms. The number of carbonyl (C=O) groups is 1. The normalized spacial score (nSPS) is 19.8. The van der Waals surface area contributed by atoms with Crippen LogP contribution in [0.15, 0.2) is 12.3 Å². The number of carbonyl (C=O) groups excluding carboxylic acids is 1. The number of nitrogens with two attached hydrogens (primary N) is 1. The van der Waals surface area contributed by atoms with Crippen LogP contribution in [0.2, 0.25) is 0 Å². The highest BCUT2D eigenvalue weighted by Gasteiger charge is 2.26. The fourth-order valence-corrected chi connectivity index (χ4v) is 3.32. The van der Waals surface area contributed by atoms with E-state index in [0.29, 0.717) is 28.5 Å². The molecule has 0 bridgehead atoms. The maximum atomic E-state index is 12.4. The van der Waals surface area contributed by atoms with Gasteiger partial charge < -0.3 is 15.7 Å². The fraction of sp³-hybridized carbons (Fsp3) is 0.417. The first kappa shape index (κ1) is 12.3. The van der Waals surface area contributed by atoms with Crippen LogP contribution in [0, 0.1) is 0 Å². The number of nitrogen functional groups attached to an aromatic ring is 1. The lowest BCUT2D eigenvalue weighted by Gasteiger charge is -2.29. The predicted octanol–water partition coefficient (Wildman–Crippen LogP) is 0.870. The van der Waals surface area contributed by atoms with Gasteiger partial charge in [-0.1, -0.05) is 0 Å². The third-order valence-electron chi connectivity index (χ3n) is 3.30. The van der Waals surface area contributed by atoms with Crippen LogP contribution in [-0.2, 0) is 0 Å². The lowest BCUT2D eigenvalue weighted by molar-refractivity contribution is 0.0478. The zero-order valence-electron chi connectivity index (χ0n) is 10.2. The largest absolute Gasteiger partial charge is 0.397 e. The SMILES string of the molecule is Nc1c(C(=O)N2CCCC(O)C2)sc2nnccc12. The molecule has 2 aromatic heterocycles. The topological polar surface area (TPSA) is 92.3 Å². The van der Waals surface area contributed by atoms with E-state index < -0.39 is 6.10 Å². The van der Waals surface area contributed by atoms with Crippen molar-refractivity contribution in [1.82, 2.24) is 15.1 Å². The summed E-state index contributed by atoms with van der Waals surface area (Å²) in [4.78, 5) is 15.2. The minimum Gasteiger partial charge on any atom is -0.397 e. The van der Waals surface area contributed by atoms with E-state index in [-0.39, 0.29) is 5.91 Å². The predicted molar refractivity (Wildman–Crippen MR) is 73.0 cm³/mol. The summed E-state index contributed by atoms with van der Waals surface area (Å²) >= 11 is 1.26. The maximum absolute atomic E-state index is 12.4. The standard InChI is InChI=1S/C12H14N4O2S/c13-9-8-3-4-14-15-11(8)19-10(9)12(18)16-5-1-2-7(17)6-16/h3-4,7,17H,1-2,5-6,13H2. The van der Waals surface area contributed by atoms with Gasteiger partial charge in [0.15, 0.2) is 0 Å². The third-order valence-corrected chi connectivity index (χ3v) is 4.39. The van der Waals surface area contributed by atoms with E-state index in [4.69, 9.17) is 5.73 Å². The number of nitrogens with zero attached hydrogens (tertiary/aromatic N) is 3. The number of piperidine rings is 1. The third kappa shape index (κ3) is 2.15. The molecule has 1 aliphatic rings. The minimum atomic E-state index is -0.437. The molecule has 1 atom stereocenters. The number of anilines is 1. The number of hydrogen-bond donors (Lipinski definition) is 2. The van der Waals surface area contributed by atoms with Crippen molar-refractivity contribution < 1.29 is 9.90 Å². The molecular weight excluding hydrogens is 264 g/mol. The number of fused-ring (bicyclic) bond motifs is 1. The summed E-state index contributed by atoms with van der Waals surface area (Å²) < 4.78 is 0. The van der Waals surface area contributed by atoms with Gasteiger partial charge >= 0.3 is 0 Å². The van der Waals surface area contributed by atoms with Crippen molar-refractivity contribution >= 4 is 33.1 Å². The van der Waals surface area contributed by atoms with Gasteiger partial charge in [-0.2, -0.15) is 5.10 Å². The first-order valence-electron chi connectivity index (χ1n) is 6.14. The van der Waals surface area contributed by atoms with Gasteiger partial charge in [0, 0.05) is 18.5 Å². The Morgan fingerprint density at radius 1 is 1.58 bits per heavy atom. The number of aliphatic hydroxyl groups is 1. The molecule has 2 aromatic rings. The van der Waals surface area contributed by atoms with Gasteiger partial charge in [0.1, 0.15) is 9.71 Å². The van der Waals surface area contributed by atoms with Crippen LogP contribution >= 0.6 is 11.3 Å². The first-order valence-corrected chi connectivity index (χ1v) is 6.95. The molecule has 1 saturated heterocycles. The number of thiophene rings is 1. The van der Waals surface area contributed by atoms with Crippen LogP contribution in [0.4, 0.5) is 5.69 Å². The molecule has 0 aliphatic carbocycles. The average Bonchev–Trinajstić information content (AvgIpc) is 2.76. The van der Waals surface area contributed by atoms with Gasteiger partial charge in [0.05, 0.1) is 18.0 Å². The number of amides is 1. The average molecular weight is 278 g/mol. The molecule has 0 radical (unpaired) electrons. The number of aromatic nitrogens is 2. The van der Waals surface area contributed by atoms with Crippen molar-refractivity contribution in [3.63, 3.8) is 0 Å². The van der Waals surface area contributed by atoms with E-state index in [1.54, 1.807) is 17.2 Å². The molecule has 1 unspecified atom stereocenters. The van der Waals surface area contributed by atoms with Crippen molar-refractivity contribution in [3.05, 3.63) is 17.1 Å². The summed E-state index contributed by atoms with van der Waals surface area (Å²) in [5.41, 5.74) is 6.47. The zero-order chi connectivity index (χ0) is 13.4. The molecule has 1 amide bonds. The van der Waals surface area contributed by atoms with Gasteiger partial charge in [-0.25, -0.2) is 0 Å². The zero-order valence-corrected chi connectivity index (χ0v) is 11.1. The Bertz CT molecular complexity index is 627. The number of likely N-dealkylation sites (tertiary alicyclic amines) is 1. The van der Waals surface area contributed by atoms with E-state index in [1.807, 2.05) is 0 Å². The summed E-state index contributed by atoms with van der Waals surface area (Å²) in [6.45, 7) is 1.04. The number of aliphatic hydroxyl groups excluding tert-OH is 1. The monoisotopic (exact) mass is 278 g/mol. The van der Waals surface area contributed by atoms with Gasteiger partial charge in [-0.15, -0.1) is 16.4 Å². The van der Waals surface area contributed by atoms with Crippen LogP contribution in [0.1, 0.15) is 22.5 Å². The summed E-state index contributed by atoms with van der Waals surface area (Å²) in [7, 11) is 0. The van der Waals surface area contributed by atoms with E-state index in [9.17, 15) is 9.90 Å². The van der Waals surface area contributed by atoms with Crippen molar-refractivity contribution in [2.24, 2.45) is 0 Å². The Morgan fingerprint density at radius 3 is 3.16 bits per heavy atom. The molecular formula is C12H14N4O2S. The maximum Gasteiger partial charge on any atom is 0.266 e. The molecule has 0 saturated carbocycles. The van der Waals surface area contributed by atoms with Gasteiger partial charge in [0.2, 0.25) is 0 Å². The summed E-state index contributed by atoms with van der Waals surface area (Å²) in [5, 5.41) is 18.2. The molecule has 3 N–H and O–H groups in total. The second kappa shape index (κ2) is 4.75. The van der Waals surface area contributed by atoms with Gasteiger partial charge in [-0.05, 0) is 18.9 Å². The van der Waals surface area contributed by atoms with Crippen LogP contribution < -0.4 is 5.73 Å². The second-order valence-corrected chi connectivity index (χ2v) is 5.64. The molecule has 100 valence electrons. The van der Waals surface area contributed by atoms with Gasteiger partial charge in [-0.3, -0.25) is 4.79 Å². The van der Waals surface area contributed by atoms with E-state index in [0.717, 1.165) is 18.2 Å². The van der Waals surface area contributed by atoms with Gasteiger partial charge in [0.25, 0.3) is 5.91 Å². The quantitative estimate of drug-likeness (QED) is 0.807. The van der Waals surface area contributed by atoms with Crippen LogP contribution in [-0.4, -0.2) is 45.3 Å². The molecule has 0 spiro atoms. The number of hydrogen-bond acceptors (Lipinski definition) is 6. The van der Waals surface area contributed by atoms with Crippen LogP contribution in [0.3, 0.4) is 0 Å². The van der Waals surface area contributed by atoms with E-state index in [2.05, 4.69) is 10.2 Å². The Balaban J connectivity index is 1.95. The van der Waals surface area contributed by atoms with E-state index >= 15 is 0 Å². The first-order chi connectivity index (χ1) is 9.16. The van der Waals surface area contributed by atoms with E-state index in [1.165, 1.54) is 11.3 Å². The fourth-order valence-electron chi connectivity index (χ4n) is 2.31. The van der Waals surface area contributed by atoms with Crippen LogP contribution in [0.5, 0.6) is 0 Å². The molecule has 0 aromatic carbocycles. The Hall–Kier alpha value is -1.73. The molecule has 1 aliphatic heterocycles. The molecule has 3 rings (SSSR count). The smallest absolute Gasteiger partial charge is 0.266 e. The molecule has 19 heavy (non-hydrogen) atoms. The second-order valence-electron chi connectivity index (χ2n) is 4.64. The highest BCUT2D eigenvalue weighted by molar-refractivity contribution is 7.21. The minimum absolute atomic E-state index is 0.126. The number of rotatable bonds is 1. The Kier molecular flexibility index (Phi) is 3.08. The lowest BCUT2D eigenvalue weighted by Crippen LogP contribution is -2.42. The van der Waals surface area contributed by atoms with Crippen molar-refractivity contribution in [2.45, 2.75) is 18.9 Å². The molecule has 3 heterocycles. The number of β-amino-alcohol motifs (C(OH)–C–C–N with tert-alkyl or cyclic N) is 1. The highest BCUT2D eigenvalue weighted by atomic mass is 32.1. The van der Waals surface area contributed by atoms with Crippen molar-refractivity contribution in [1.29, 1.82) is 0 Å². The lowest BCUT2D eigenvalue weighted by atomic mass is 10.1. The highest BCUT2D eigenvalue weighted by Crippen LogP contribution is 2.32. The Morgan fingerprint density at radius 2 is 2.42 bits per heavy atom. The molecule has 1 fully saturated rings. The molecule has 6 nitrogen and oxygen atoms in total. The van der Waals surface area contributed by atoms with Crippen molar-refractivity contribution in [3.8, 4) is 0 Å².